The summed E-state index contributed by atoms with van der Waals surface area (Å²) in [5.74, 6) is -0.327. The number of halogens is 1. The van der Waals surface area contributed by atoms with Crippen LogP contribution >= 0.6 is 0 Å². The Morgan fingerprint density at radius 2 is 2.00 bits per heavy atom. The molecule has 23 heavy (non-hydrogen) atoms. The molecule has 0 aliphatic carbocycles. The molecule has 1 unspecified atom stereocenters. The van der Waals surface area contributed by atoms with E-state index in [-0.39, 0.29) is 18.9 Å². The number of benzene rings is 2. The molecule has 122 valence electrons. The molecular formula is C17H19FN2O3. The van der Waals surface area contributed by atoms with Crippen molar-refractivity contribution < 1.29 is 19.0 Å². The van der Waals surface area contributed by atoms with Crippen LogP contribution in [0.3, 0.4) is 0 Å². The number of urea groups is 1. The van der Waals surface area contributed by atoms with Crippen LogP contribution in [-0.2, 0) is 6.54 Å². The summed E-state index contributed by atoms with van der Waals surface area (Å²) in [6.45, 7) is -0.0473. The zero-order valence-electron chi connectivity index (χ0n) is 12.8. The molecule has 0 spiro atoms. The van der Waals surface area contributed by atoms with Crippen molar-refractivity contribution in [3.05, 3.63) is 65.5 Å². The minimum absolute atomic E-state index is 0.155. The van der Waals surface area contributed by atoms with E-state index in [0.29, 0.717) is 5.56 Å². The van der Waals surface area contributed by atoms with Gasteiger partial charge in [0.25, 0.3) is 0 Å². The van der Waals surface area contributed by atoms with E-state index in [4.69, 9.17) is 4.74 Å². The maximum atomic E-state index is 13.6. The Labute approximate surface area is 134 Å². The largest absolute Gasteiger partial charge is 0.494 e. The Hall–Kier alpha value is -2.60. The zero-order chi connectivity index (χ0) is 16.7. The third kappa shape index (κ3) is 4.69. The van der Waals surface area contributed by atoms with Gasteiger partial charge in [-0.3, -0.25) is 0 Å². The minimum atomic E-state index is -0.496. The van der Waals surface area contributed by atoms with Crippen molar-refractivity contribution in [3.8, 4) is 5.75 Å². The molecule has 0 saturated carbocycles. The first-order chi connectivity index (χ1) is 11.1. The average Bonchev–Trinajstić information content (AvgIpc) is 2.58. The smallest absolute Gasteiger partial charge is 0.315 e. The van der Waals surface area contributed by atoms with Crippen molar-refractivity contribution in [2.45, 2.75) is 12.6 Å². The minimum Gasteiger partial charge on any atom is -0.494 e. The van der Waals surface area contributed by atoms with Crippen molar-refractivity contribution >= 4 is 6.03 Å². The van der Waals surface area contributed by atoms with E-state index in [1.165, 1.54) is 19.2 Å². The predicted octanol–water partition coefficient (Wildman–Crippen LogP) is 2.37. The molecule has 0 bridgehead atoms. The Morgan fingerprint density at radius 3 is 2.61 bits per heavy atom. The van der Waals surface area contributed by atoms with Crippen molar-refractivity contribution in [3.63, 3.8) is 0 Å². The zero-order valence-corrected chi connectivity index (χ0v) is 12.8. The third-order valence-electron chi connectivity index (χ3n) is 3.36. The Morgan fingerprint density at radius 1 is 1.26 bits per heavy atom. The number of aliphatic hydroxyl groups excluding tert-OH is 1. The van der Waals surface area contributed by atoms with E-state index < -0.39 is 17.9 Å². The molecule has 2 rings (SSSR count). The molecule has 2 aromatic carbocycles. The fraction of sp³-hybridized carbons (Fsp3) is 0.235. The summed E-state index contributed by atoms with van der Waals surface area (Å²) >= 11 is 0. The summed E-state index contributed by atoms with van der Waals surface area (Å²) in [5, 5.41) is 14.7. The lowest BCUT2D eigenvalue weighted by molar-refractivity contribution is 0.216. The van der Waals surface area contributed by atoms with Crippen molar-refractivity contribution in [2.24, 2.45) is 0 Å². The van der Waals surface area contributed by atoms with Crippen LogP contribution in [0.1, 0.15) is 17.2 Å². The van der Waals surface area contributed by atoms with Crippen LogP contribution in [-0.4, -0.2) is 24.9 Å². The number of carbonyl (C=O) groups excluding carboxylic acids is 1. The first-order valence-electron chi connectivity index (χ1n) is 7.16. The summed E-state index contributed by atoms with van der Waals surface area (Å²) in [7, 11) is 1.39. The molecule has 0 aliphatic rings. The Kier molecular flexibility index (Phi) is 5.94. The lowest BCUT2D eigenvalue weighted by Gasteiger charge is -2.17. The van der Waals surface area contributed by atoms with E-state index in [1.54, 1.807) is 6.07 Å². The summed E-state index contributed by atoms with van der Waals surface area (Å²) in [6, 6.07) is 12.7. The molecule has 0 fully saturated rings. The summed E-state index contributed by atoms with van der Waals surface area (Å²) < 4.78 is 18.4. The fourth-order valence-electron chi connectivity index (χ4n) is 2.13. The summed E-state index contributed by atoms with van der Waals surface area (Å²) in [6.07, 6.45) is 0. The summed E-state index contributed by atoms with van der Waals surface area (Å²) in [5.41, 5.74) is 1.42. The Bertz CT molecular complexity index is 650. The van der Waals surface area contributed by atoms with Crippen LogP contribution in [0.2, 0.25) is 0 Å². The first-order valence-corrected chi connectivity index (χ1v) is 7.16. The SMILES string of the molecule is COc1ccc(CNC(=O)NC(CO)c2ccccc2)cc1F. The number of nitrogens with one attached hydrogen (secondary N) is 2. The number of methoxy groups -OCH3 is 1. The molecule has 2 amide bonds. The normalized spacial score (nSPS) is 11.6. The van der Waals surface area contributed by atoms with E-state index in [0.717, 1.165) is 5.56 Å². The number of hydrogen-bond acceptors (Lipinski definition) is 3. The molecule has 3 N–H and O–H groups in total. The first kappa shape index (κ1) is 16.8. The van der Waals surface area contributed by atoms with Gasteiger partial charge in [-0.1, -0.05) is 36.4 Å². The van der Waals surface area contributed by atoms with Crippen molar-refractivity contribution in [1.82, 2.24) is 10.6 Å². The van der Waals surface area contributed by atoms with Crippen LogP contribution in [0.4, 0.5) is 9.18 Å². The van der Waals surface area contributed by atoms with Gasteiger partial charge in [0.2, 0.25) is 0 Å². The van der Waals surface area contributed by atoms with Gasteiger partial charge in [0.05, 0.1) is 19.8 Å². The maximum absolute atomic E-state index is 13.6. The number of rotatable bonds is 6. The molecule has 5 nitrogen and oxygen atoms in total. The highest BCUT2D eigenvalue weighted by Gasteiger charge is 2.13. The molecule has 0 saturated heterocycles. The van der Waals surface area contributed by atoms with Crippen LogP contribution in [0, 0.1) is 5.82 Å². The molecule has 1 atom stereocenters. The second-order valence-corrected chi connectivity index (χ2v) is 4.94. The predicted molar refractivity (Wildman–Crippen MR) is 84.6 cm³/mol. The number of aliphatic hydroxyl groups is 1. The summed E-state index contributed by atoms with van der Waals surface area (Å²) in [4.78, 5) is 11.9. The van der Waals surface area contributed by atoms with Gasteiger partial charge >= 0.3 is 6.03 Å². The standard InChI is InChI=1S/C17H19FN2O3/c1-23-16-8-7-12(9-14(16)18)10-19-17(22)20-15(11-21)13-5-3-2-4-6-13/h2-9,15,21H,10-11H2,1H3,(H2,19,20,22). The quantitative estimate of drug-likeness (QED) is 0.766. The number of hydrogen-bond donors (Lipinski definition) is 3. The van der Waals surface area contributed by atoms with Gasteiger partial charge in [0.1, 0.15) is 0 Å². The van der Waals surface area contributed by atoms with Crippen molar-refractivity contribution in [2.75, 3.05) is 13.7 Å². The van der Waals surface area contributed by atoms with Crippen LogP contribution in [0.15, 0.2) is 48.5 Å². The van der Waals surface area contributed by atoms with E-state index in [1.807, 2.05) is 30.3 Å². The molecule has 0 radical (unpaired) electrons. The third-order valence-corrected chi connectivity index (χ3v) is 3.36. The molecule has 0 aromatic heterocycles. The lowest BCUT2D eigenvalue weighted by Crippen LogP contribution is -2.38. The van der Waals surface area contributed by atoms with Gasteiger partial charge < -0.3 is 20.5 Å². The van der Waals surface area contributed by atoms with Gasteiger partial charge in [-0.15, -0.1) is 0 Å². The van der Waals surface area contributed by atoms with Crippen LogP contribution in [0.25, 0.3) is 0 Å². The van der Waals surface area contributed by atoms with Gasteiger partial charge in [-0.05, 0) is 23.3 Å². The molecule has 6 heteroatoms. The highest BCUT2D eigenvalue weighted by Crippen LogP contribution is 2.17. The van der Waals surface area contributed by atoms with Gasteiger partial charge in [-0.2, -0.15) is 0 Å². The average molecular weight is 318 g/mol. The highest BCUT2D eigenvalue weighted by atomic mass is 19.1. The second-order valence-electron chi connectivity index (χ2n) is 4.94. The van der Waals surface area contributed by atoms with Gasteiger partial charge in [0, 0.05) is 6.54 Å². The maximum Gasteiger partial charge on any atom is 0.315 e. The van der Waals surface area contributed by atoms with E-state index >= 15 is 0 Å². The second kappa shape index (κ2) is 8.14. The number of ether oxygens (including phenoxy) is 1. The van der Waals surface area contributed by atoms with Crippen molar-refractivity contribution in [1.29, 1.82) is 0 Å². The topological polar surface area (TPSA) is 70.6 Å². The Balaban J connectivity index is 1.90. The van der Waals surface area contributed by atoms with E-state index in [9.17, 15) is 14.3 Å². The van der Waals surface area contributed by atoms with E-state index in [2.05, 4.69) is 10.6 Å². The fourth-order valence-corrected chi connectivity index (χ4v) is 2.13. The number of amides is 2. The molecule has 2 aromatic rings. The molecule has 0 aliphatic heterocycles. The molecular weight excluding hydrogens is 299 g/mol. The molecule has 0 heterocycles. The van der Waals surface area contributed by atoms with Gasteiger partial charge in [-0.25, -0.2) is 9.18 Å². The van der Waals surface area contributed by atoms with Gasteiger partial charge in [0.15, 0.2) is 11.6 Å². The highest BCUT2D eigenvalue weighted by molar-refractivity contribution is 5.74. The monoisotopic (exact) mass is 318 g/mol. The van der Waals surface area contributed by atoms with Crippen LogP contribution < -0.4 is 15.4 Å². The lowest BCUT2D eigenvalue weighted by atomic mass is 10.1. The van der Waals surface area contributed by atoms with Crippen LogP contribution in [0.5, 0.6) is 5.75 Å². The number of carbonyl (C=O) groups is 1.